The monoisotopic (exact) mass is 663 g/mol. The van der Waals surface area contributed by atoms with Gasteiger partial charge in [0, 0.05) is 55.8 Å². The average Bonchev–Trinajstić information content (AvgIpc) is 3.08. The van der Waals surface area contributed by atoms with E-state index in [0.29, 0.717) is 48.8 Å². The lowest BCUT2D eigenvalue weighted by Crippen LogP contribution is -2.25. The van der Waals surface area contributed by atoms with Crippen molar-refractivity contribution >= 4 is 17.7 Å². The minimum absolute atomic E-state index is 0.0499. The molecule has 47 heavy (non-hydrogen) atoms. The average molecular weight is 664 g/mol. The van der Waals surface area contributed by atoms with Crippen LogP contribution in [0.1, 0.15) is 126 Å². The summed E-state index contributed by atoms with van der Waals surface area (Å²) in [5.74, 6) is 0.318. The molecule has 7 nitrogen and oxygen atoms in total. The molecule has 2 aromatic heterocycles. The molecule has 9 heteroatoms. The Labute approximate surface area is 285 Å². The molecule has 0 aliphatic rings. The van der Waals surface area contributed by atoms with Crippen LogP contribution in [0.3, 0.4) is 0 Å². The molecule has 0 atom stereocenters. The van der Waals surface area contributed by atoms with Gasteiger partial charge in [-0.15, -0.1) is 0 Å². The predicted octanol–water partition coefficient (Wildman–Crippen LogP) is 8.99. The first-order valence-corrected chi connectivity index (χ1v) is 18.7. The number of nitrogens with one attached hydrogen (secondary N) is 1. The van der Waals surface area contributed by atoms with Crippen molar-refractivity contribution in [1.29, 1.82) is 0 Å². The van der Waals surface area contributed by atoms with E-state index in [1.807, 2.05) is 10.8 Å². The van der Waals surface area contributed by atoms with E-state index in [0.717, 1.165) is 24.0 Å². The molecule has 3 aromatic rings. The van der Waals surface area contributed by atoms with Crippen LogP contribution in [0.2, 0.25) is 0 Å². The van der Waals surface area contributed by atoms with Gasteiger partial charge in [-0.1, -0.05) is 101 Å². The summed E-state index contributed by atoms with van der Waals surface area (Å²) in [6.45, 7) is 3.53. The Hall–Kier alpha value is -3.33. The van der Waals surface area contributed by atoms with Gasteiger partial charge in [0.15, 0.2) is 5.16 Å². The molecular weight excluding hydrogens is 610 g/mol. The highest BCUT2D eigenvalue weighted by Crippen LogP contribution is 2.22. The zero-order valence-corrected chi connectivity index (χ0v) is 29.1. The predicted molar refractivity (Wildman–Crippen MR) is 191 cm³/mol. The molecule has 1 aromatic carbocycles. The van der Waals surface area contributed by atoms with Crippen LogP contribution in [0.25, 0.3) is 0 Å². The minimum atomic E-state index is -0.292. The summed E-state index contributed by atoms with van der Waals surface area (Å²) in [5.41, 5.74) is 2.03. The number of amides is 1. The number of aromatic nitrogens is 4. The van der Waals surface area contributed by atoms with Crippen LogP contribution in [0, 0.1) is 5.82 Å². The Morgan fingerprint density at radius 2 is 1.49 bits per heavy atom. The number of hydrogen-bond donors (Lipinski definition) is 1. The van der Waals surface area contributed by atoms with Crippen LogP contribution >= 0.6 is 11.8 Å². The number of rotatable bonds is 25. The number of allylic oxidation sites excluding steroid dienone is 2. The van der Waals surface area contributed by atoms with Gasteiger partial charge in [-0.2, -0.15) is 4.98 Å². The standard InChI is InChI=1S/C38H54FN5O2S/c1-2-3-4-5-6-7-8-9-10-11-12-13-14-15-16-17-24-42-36(45)19-18-25-44-29-34(26-33-27-40-31-41-28-33)37(46)43-38(44)47-30-32-20-22-35(39)23-21-32/h9-10,20-23,27-29,31H,2-8,11-19,24-26,30H2,1H3,(H,42,45)/b10-9-. The van der Waals surface area contributed by atoms with Crippen molar-refractivity contribution in [3.8, 4) is 0 Å². The third-order valence-corrected chi connectivity index (χ3v) is 9.19. The molecule has 0 saturated carbocycles. The number of nitrogens with zero attached hydrogens (tertiary/aromatic N) is 4. The fourth-order valence-corrected chi connectivity index (χ4v) is 6.33. The van der Waals surface area contributed by atoms with Crippen LogP contribution in [-0.2, 0) is 23.5 Å². The molecule has 3 rings (SSSR count). The second-order valence-electron chi connectivity index (χ2n) is 12.3. The molecule has 0 spiro atoms. The van der Waals surface area contributed by atoms with Crippen LogP contribution in [0.4, 0.5) is 4.39 Å². The number of unbranched alkanes of at least 4 members (excludes halogenated alkanes) is 12. The third kappa shape index (κ3) is 16.9. The van der Waals surface area contributed by atoms with Crippen molar-refractivity contribution in [1.82, 2.24) is 24.8 Å². The zero-order chi connectivity index (χ0) is 33.4. The summed E-state index contributed by atoms with van der Waals surface area (Å²) in [4.78, 5) is 37.9. The normalized spacial score (nSPS) is 11.4. The summed E-state index contributed by atoms with van der Waals surface area (Å²) in [5, 5.41) is 3.65. The number of hydrogen-bond acceptors (Lipinski definition) is 6. The van der Waals surface area contributed by atoms with Gasteiger partial charge in [-0.25, -0.2) is 14.4 Å². The number of aryl methyl sites for hydroxylation is 1. The van der Waals surface area contributed by atoms with Gasteiger partial charge in [-0.3, -0.25) is 9.59 Å². The number of carbonyl (C=O) groups excluding carboxylic acids is 1. The van der Waals surface area contributed by atoms with Gasteiger partial charge in [0.1, 0.15) is 12.1 Å². The van der Waals surface area contributed by atoms with Gasteiger partial charge < -0.3 is 9.88 Å². The van der Waals surface area contributed by atoms with Crippen molar-refractivity contribution in [2.45, 2.75) is 134 Å². The van der Waals surface area contributed by atoms with E-state index in [-0.39, 0.29) is 17.3 Å². The molecular formula is C38H54FN5O2S. The molecule has 0 aliphatic heterocycles. The van der Waals surface area contributed by atoms with Crippen molar-refractivity contribution in [2.75, 3.05) is 6.54 Å². The van der Waals surface area contributed by atoms with Crippen molar-refractivity contribution in [3.05, 3.63) is 94.2 Å². The second kappa shape index (κ2) is 23.9. The van der Waals surface area contributed by atoms with Gasteiger partial charge in [-0.05, 0) is 61.8 Å². The third-order valence-electron chi connectivity index (χ3n) is 8.13. The summed E-state index contributed by atoms with van der Waals surface area (Å²) in [6, 6.07) is 6.32. The first-order valence-electron chi connectivity index (χ1n) is 17.7. The largest absolute Gasteiger partial charge is 0.356 e. The van der Waals surface area contributed by atoms with Gasteiger partial charge >= 0.3 is 0 Å². The quantitative estimate of drug-likeness (QED) is 0.0421. The van der Waals surface area contributed by atoms with E-state index < -0.39 is 0 Å². The molecule has 1 N–H and O–H groups in total. The maximum absolute atomic E-state index is 13.3. The van der Waals surface area contributed by atoms with Gasteiger partial charge in [0.25, 0.3) is 5.56 Å². The summed E-state index contributed by atoms with van der Waals surface area (Å²) in [7, 11) is 0. The SMILES string of the molecule is CCCCCCCC/C=C\CCCCCCCCNC(=O)CCCn1cc(Cc2cncnc2)c(=O)nc1SCc1ccc(F)cc1. The van der Waals surface area contributed by atoms with Crippen molar-refractivity contribution in [3.63, 3.8) is 0 Å². The molecule has 256 valence electrons. The lowest BCUT2D eigenvalue weighted by atomic mass is 10.1. The highest BCUT2D eigenvalue weighted by molar-refractivity contribution is 7.98. The fourth-order valence-electron chi connectivity index (χ4n) is 5.39. The molecule has 2 heterocycles. The Balaban J connectivity index is 1.32. The molecule has 0 aliphatic carbocycles. The Morgan fingerprint density at radius 1 is 0.851 bits per heavy atom. The fraction of sp³-hybridized carbons (Fsp3) is 0.553. The second-order valence-corrected chi connectivity index (χ2v) is 13.2. The summed E-state index contributed by atoms with van der Waals surface area (Å²) >= 11 is 1.43. The molecule has 0 saturated heterocycles. The molecule has 0 bridgehead atoms. The van der Waals surface area contributed by atoms with Crippen molar-refractivity contribution < 1.29 is 9.18 Å². The Morgan fingerprint density at radius 3 is 2.17 bits per heavy atom. The first-order chi connectivity index (χ1) is 23.0. The van der Waals surface area contributed by atoms with Crippen molar-refractivity contribution in [2.24, 2.45) is 0 Å². The van der Waals surface area contributed by atoms with Crippen LogP contribution in [0.5, 0.6) is 0 Å². The zero-order valence-electron chi connectivity index (χ0n) is 28.3. The molecule has 0 unspecified atom stereocenters. The van der Waals surface area contributed by atoms with E-state index in [2.05, 4.69) is 39.3 Å². The van der Waals surface area contributed by atoms with E-state index in [1.54, 1.807) is 24.5 Å². The Kier molecular flexibility index (Phi) is 19.4. The molecule has 0 radical (unpaired) electrons. The van der Waals surface area contributed by atoms with E-state index in [4.69, 9.17) is 0 Å². The number of halogens is 1. The van der Waals surface area contributed by atoms with Crippen LogP contribution < -0.4 is 10.9 Å². The van der Waals surface area contributed by atoms with E-state index in [9.17, 15) is 14.0 Å². The summed E-state index contributed by atoms with van der Waals surface area (Å²) in [6.07, 6.45) is 30.6. The van der Waals surface area contributed by atoms with E-state index in [1.165, 1.54) is 107 Å². The minimum Gasteiger partial charge on any atom is -0.356 e. The summed E-state index contributed by atoms with van der Waals surface area (Å²) < 4.78 is 15.3. The van der Waals surface area contributed by atoms with Gasteiger partial charge in [0.2, 0.25) is 5.91 Å². The van der Waals surface area contributed by atoms with Crippen LogP contribution in [-0.4, -0.2) is 32.0 Å². The van der Waals surface area contributed by atoms with Gasteiger partial charge in [0.05, 0.1) is 0 Å². The van der Waals surface area contributed by atoms with E-state index >= 15 is 0 Å². The maximum atomic E-state index is 13.3. The highest BCUT2D eigenvalue weighted by atomic mass is 32.2. The smallest absolute Gasteiger partial charge is 0.277 e. The lowest BCUT2D eigenvalue weighted by Gasteiger charge is -2.14. The molecule has 0 fully saturated rings. The Bertz CT molecular complexity index is 1360. The first kappa shape index (κ1) is 38.1. The maximum Gasteiger partial charge on any atom is 0.277 e. The lowest BCUT2D eigenvalue weighted by molar-refractivity contribution is -0.121. The topological polar surface area (TPSA) is 89.8 Å². The van der Waals surface area contributed by atoms with Crippen LogP contribution in [0.15, 0.2) is 71.3 Å². The molecule has 1 amide bonds. The number of carbonyl (C=O) groups is 1. The number of thioether (sulfide) groups is 1. The number of benzene rings is 1. The highest BCUT2D eigenvalue weighted by Gasteiger charge is 2.12.